The summed E-state index contributed by atoms with van der Waals surface area (Å²) in [6.07, 6.45) is 7.95. The van der Waals surface area contributed by atoms with Gasteiger partial charge in [0.2, 0.25) is 0 Å². The molecular formula is C13H22N4. The van der Waals surface area contributed by atoms with E-state index in [0.29, 0.717) is 11.9 Å². The summed E-state index contributed by atoms with van der Waals surface area (Å²) in [6, 6.07) is 0.535. The van der Waals surface area contributed by atoms with Gasteiger partial charge in [0.25, 0.3) is 0 Å². The van der Waals surface area contributed by atoms with Crippen LogP contribution in [0, 0.1) is 12.8 Å². The van der Waals surface area contributed by atoms with E-state index in [9.17, 15) is 0 Å². The van der Waals surface area contributed by atoms with Crippen LogP contribution < -0.4 is 11.1 Å². The van der Waals surface area contributed by atoms with Gasteiger partial charge in [-0.25, -0.2) is 9.97 Å². The number of nitrogens with two attached hydrogens (primary N) is 1. The van der Waals surface area contributed by atoms with E-state index < -0.39 is 0 Å². The Morgan fingerprint density at radius 1 is 1.24 bits per heavy atom. The molecule has 2 rings (SSSR count). The maximum Gasteiger partial charge on any atom is 0.134 e. The Kier molecular flexibility index (Phi) is 3.82. The second-order valence-electron chi connectivity index (χ2n) is 5.19. The molecule has 2 atom stereocenters. The number of aromatic nitrogens is 2. The molecule has 2 unspecified atom stereocenters. The highest BCUT2D eigenvalue weighted by molar-refractivity contribution is 5.54. The molecule has 0 bridgehead atoms. The largest absolute Gasteiger partial charge is 0.383 e. The molecule has 1 aromatic heterocycles. The van der Waals surface area contributed by atoms with Crippen molar-refractivity contribution in [3.8, 4) is 0 Å². The smallest absolute Gasteiger partial charge is 0.134 e. The van der Waals surface area contributed by atoms with E-state index in [0.717, 1.165) is 17.3 Å². The van der Waals surface area contributed by atoms with Crippen LogP contribution in [0.15, 0.2) is 6.33 Å². The van der Waals surface area contributed by atoms with Crippen molar-refractivity contribution < 1.29 is 0 Å². The minimum absolute atomic E-state index is 0.535. The molecule has 17 heavy (non-hydrogen) atoms. The summed E-state index contributed by atoms with van der Waals surface area (Å²) in [7, 11) is 0. The Bertz CT molecular complexity index is 378. The highest BCUT2D eigenvalue weighted by Gasteiger charge is 2.17. The Morgan fingerprint density at radius 2 is 2.06 bits per heavy atom. The van der Waals surface area contributed by atoms with Crippen LogP contribution in [0.3, 0.4) is 0 Å². The molecule has 0 saturated heterocycles. The first kappa shape index (κ1) is 12.1. The average molecular weight is 234 g/mol. The molecule has 1 aliphatic carbocycles. The molecule has 1 aromatic rings. The van der Waals surface area contributed by atoms with Gasteiger partial charge in [-0.05, 0) is 32.1 Å². The van der Waals surface area contributed by atoms with Gasteiger partial charge < -0.3 is 11.1 Å². The van der Waals surface area contributed by atoms with E-state index in [1.54, 1.807) is 0 Å². The van der Waals surface area contributed by atoms with Crippen LogP contribution in [0.4, 0.5) is 11.6 Å². The molecule has 1 aliphatic rings. The molecule has 0 aromatic carbocycles. The fourth-order valence-corrected chi connectivity index (χ4v) is 2.43. The SMILES string of the molecule is Cc1c(N)ncnc1NC1CCCC(C)CC1. The summed E-state index contributed by atoms with van der Waals surface area (Å²) >= 11 is 0. The average Bonchev–Trinajstić information content (AvgIpc) is 2.50. The van der Waals surface area contributed by atoms with Crippen molar-refractivity contribution in [3.63, 3.8) is 0 Å². The highest BCUT2D eigenvalue weighted by Crippen LogP contribution is 2.25. The molecule has 0 amide bonds. The lowest BCUT2D eigenvalue weighted by molar-refractivity contribution is 0.502. The molecule has 3 N–H and O–H groups in total. The first-order valence-corrected chi connectivity index (χ1v) is 6.50. The third kappa shape index (κ3) is 3.08. The fraction of sp³-hybridized carbons (Fsp3) is 0.692. The summed E-state index contributed by atoms with van der Waals surface area (Å²) in [5, 5.41) is 3.52. The van der Waals surface area contributed by atoms with Gasteiger partial charge in [-0.15, -0.1) is 0 Å². The van der Waals surface area contributed by atoms with Gasteiger partial charge in [0.15, 0.2) is 0 Å². The molecule has 0 spiro atoms. The number of nitrogens with one attached hydrogen (secondary N) is 1. The van der Waals surface area contributed by atoms with Crippen LogP contribution in [0.1, 0.15) is 44.6 Å². The van der Waals surface area contributed by atoms with Gasteiger partial charge in [0.1, 0.15) is 18.0 Å². The first-order chi connectivity index (χ1) is 8.16. The first-order valence-electron chi connectivity index (χ1n) is 6.50. The standard InChI is InChI=1S/C13H22N4/c1-9-4-3-5-11(7-6-9)17-13-10(2)12(14)15-8-16-13/h8-9,11H,3-7H2,1-2H3,(H3,14,15,16,17). The lowest BCUT2D eigenvalue weighted by Crippen LogP contribution is -2.20. The van der Waals surface area contributed by atoms with Gasteiger partial charge in [-0.2, -0.15) is 0 Å². The number of hydrogen-bond donors (Lipinski definition) is 2. The van der Waals surface area contributed by atoms with Gasteiger partial charge in [-0.1, -0.05) is 19.8 Å². The van der Waals surface area contributed by atoms with E-state index in [2.05, 4.69) is 22.2 Å². The third-order valence-corrected chi connectivity index (χ3v) is 3.72. The van der Waals surface area contributed by atoms with Crippen molar-refractivity contribution in [1.29, 1.82) is 0 Å². The minimum atomic E-state index is 0.535. The van der Waals surface area contributed by atoms with Crippen molar-refractivity contribution in [2.45, 2.75) is 52.0 Å². The van der Waals surface area contributed by atoms with Crippen molar-refractivity contribution in [1.82, 2.24) is 9.97 Å². The molecule has 0 aliphatic heterocycles. The van der Waals surface area contributed by atoms with Crippen molar-refractivity contribution in [2.75, 3.05) is 11.1 Å². The summed E-state index contributed by atoms with van der Waals surface area (Å²) < 4.78 is 0. The lowest BCUT2D eigenvalue weighted by atomic mass is 10.0. The summed E-state index contributed by atoms with van der Waals surface area (Å²) in [4.78, 5) is 8.27. The quantitative estimate of drug-likeness (QED) is 0.772. The number of nitrogens with zero attached hydrogens (tertiary/aromatic N) is 2. The number of rotatable bonds is 2. The second kappa shape index (κ2) is 5.34. The fourth-order valence-electron chi connectivity index (χ4n) is 2.43. The lowest BCUT2D eigenvalue weighted by Gasteiger charge is -2.18. The molecule has 94 valence electrons. The zero-order valence-electron chi connectivity index (χ0n) is 10.7. The predicted molar refractivity (Wildman–Crippen MR) is 70.8 cm³/mol. The highest BCUT2D eigenvalue weighted by atomic mass is 15.1. The normalized spacial score (nSPS) is 25.3. The Hall–Kier alpha value is -1.32. The van der Waals surface area contributed by atoms with Crippen molar-refractivity contribution >= 4 is 11.6 Å². The number of hydrogen-bond acceptors (Lipinski definition) is 4. The van der Waals surface area contributed by atoms with Crippen LogP contribution in [0.2, 0.25) is 0 Å². The maximum atomic E-state index is 5.79. The van der Waals surface area contributed by atoms with Crippen LogP contribution in [-0.4, -0.2) is 16.0 Å². The zero-order valence-corrected chi connectivity index (χ0v) is 10.7. The van der Waals surface area contributed by atoms with Crippen LogP contribution in [0.5, 0.6) is 0 Å². The molecule has 4 nitrogen and oxygen atoms in total. The summed E-state index contributed by atoms with van der Waals surface area (Å²) in [6.45, 7) is 4.31. The van der Waals surface area contributed by atoms with Gasteiger partial charge in [0.05, 0.1) is 0 Å². The second-order valence-corrected chi connectivity index (χ2v) is 5.19. The van der Waals surface area contributed by atoms with Crippen LogP contribution in [-0.2, 0) is 0 Å². The van der Waals surface area contributed by atoms with Crippen LogP contribution >= 0.6 is 0 Å². The van der Waals surface area contributed by atoms with Crippen molar-refractivity contribution in [2.24, 2.45) is 5.92 Å². The monoisotopic (exact) mass is 234 g/mol. The Labute approximate surface area is 103 Å². The van der Waals surface area contributed by atoms with Crippen molar-refractivity contribution in [3.05, 3.63) is 11.9 Å². The molecular weight excluding hydrogens is 212 g/mol. The third-order valence-electron chi connectivity index (χ3n) is 3.72. The van der Waals surface area contributed by atoms with E-state index >= 15 is 0 Å². The molecule has 1 heterocycles. The zero-order chi connectivity index (χ0) is 12.3. The Morgan fingerprint density at radius 3 is 2.88 bits per heavy atom. The van der Waals surface area contributed by atoms with E-state index in [1.807, 2.05) is 6.92 Å². The van der Waals surface area contributed by atoms with E-state index in [1.165, 1.54) is 38.4 Å². The summed E-state index contributed by atoms with van der Waals surface area (Å²) in [5.41, 5.74) is 6.75. The van der Waals surface area contributed by atoms with Gasteiger partial charge in [-0.3, -0.25) is 0 Å². The molecule has 0 radical (unpaired) electrons. The van der Waals surface area contributed by atoms with Gasteiger partial charge in [0, 0.05) is 11.6 Å². The number of anilines is 2. The Balaban J connectivity index is 2.02. The van der Waals surface area contributed by atoms with Gasteiger partial charge >= 0.3 is 0 Å². The minimum Gasteiger partial charge on any atom is -0.383 e. The van der Waals surface area contributed by atoms with E-state index in [4.69, 9.17) is 5.73 Å². The topological polar surface area (TPSA) is 63.8 Å². The molecule has 1 saturated carbocycles. The number of nitrogen functional groups attached to an aromatic ring is 1. The molecule has 4 heteroatoms. The predicted octanol–water partition coefficient (Wildman–Crippen LogP) is 2.75. The van der Waals surface area contributed by atoms with Crippen LogP contribution in [0.25, 0.3) is 0 Å². The maximum absolute atomic E-state index is 5.79. The van der Waals surface area contributed by atoms with E-state index in [-0.39, 0.29) is 0 Å². The summed E-state index contributed by atoms with van der Waals surface area (Å²) in [5.74, 6) is 2.33. The molecule has 1 fully saturated rings.